The van der Waals surface area contributed by atoms with Crippen LogP contribution in [-0.4, -0.2) is 193 Å². The zero-order valence-corrected chi connectivity index (χ0v) is 51.7. The number of carbonyl (C=O) groups is 1. The van der Waals surface area contributed by atoms with Gasteiger partial charge in [0.2, 0.25) is 5.91 Å². The summed E-state index contributed by atoms with van der Waals surface area (Å²) in [6, 6.07) is -1.00. The average molecular weight is 1220 g/mol. The van der Waals surface area contributed by atoms with Crippen LogP contribution in [0.4, 0.5) is 0 Å². The highest BCUT2D eigenvalue weighted by Gasteiger charge is 2.53. The molecule has 0 bridgehead atoms. The first-order chi connectivity index (χ1) is 41.8. The lowest BCUT2D eigenvalue weighted by molar-refractivity contribution is -0.379. The van der Waals surface area contributed by atoms with E-state index in [1.54, 1.807) is 6.08 Å². The summed E-state index contributed by atoms with van der Waals surface area (Å²) in [5.74, 6) is -0.299. The van der Waals surface area contributed by atoms with Crippen LogP contribution in [0.2, 0.25) is 0 Å². The van der Waals surface area contributed by atoms with Crippen LogP contribution in [0.25, 0.3) is 0 Å². The molecule has 17 atom stereocenters. The molecule has 0 aromatic heterocycles. The Morgan fingerprint density at radius 1 is 0.430 bits per heavy atom. The number of rotatable bonds is 47. The van der Waals surface area contributed by atoms with Crippen molar-refractivity contribution in [3.63, 3.8) is 0 Å². The van der Waals surface area contributed by atoms with E-state index in [4.69, 9.17) is 28.4 Å². The Labute approximate surface area is 513 Å². The molecule has 12 N–H and O–H groups in total. The molecule has 86 heavy (non-hydrogen) atoms. The van der Waals surface area contributed by atoms with Gasteiger partial charge in [-0.25, -0.2) is 0 Å². The Bertz CT molecular complexity index is 1940. The Morgan fingerprint density at radius 3 is 1.30 bits per heavy atom. The van der Waals surface area contributed by atoms with Crippen LogP contribution < -0.4 is 5.32 Å². The highest BCUT2D eigenvalue weighted by molar-refractivity contribution is 5.76. The molecule has 3 aliphatic heterocycles. The molecule has 3 saturated heterocycles. The molecule has 3 fully saturated rings. The highest BCUT2D eigenvalue weighted by atomic mass is 16.8. The Kier molecular flexibility index (Phi) is 43.4. The predicted octanol–water partition coefficient (Wildman–Crippen LogP) is 7.32. The predicted molar refractivity (Wildman–Crippen MR) is 332 cm³/mol. The van der Waals surface area contributed by atoms with Crippen molar-refractivity contribution in [3.05, 3.63) is 97.2 Å². The van der Waals surface area contributed by atoms with Gasteiger partial charge in [0.15, 0.2) is 18.9 Å². The van der Waals surface area contributed by atoms with Crippen LogP contribution in [0.15, 0.2) is 97.2 Å². The maximum Gasteiger partial charge on any atom is 0.220 e. The number of hydrogen-bond donors (Lipinski definition) is 12. The summed E-state index contributed by atoms with van der Waals surface area (Å²) in [5, 5.41) is 120. The molecule has 494 valence electrons. The minimum absolute atomic E-state index is 0.222. The number of allylic oxidation sites excluding steroid dienone is 15. The van der Waals surface area contributed by atoms with Crippen molar-refractivity contribution in [2.45, 2.75) is 291 Å². The van der Waals surface area contributed by atoms with E-state index in [2.05, 4.69) is 104 Å². The second kappa shape index (κ2) is 48.5. The molecule has 3 aliphatic rings. The number of carbonyl (C=O) groups excluding carboxylic acids is 1. The standard InChI is InChI=1S/C67H113NO18/c1-3-5-7-9-11-13-15-17-19-20-21-22-23-24-25-26-27-28-29-30-31-33-35-37-39-41-43-45-55(73)68-50(51(72)44-42-40-38-36-34-32-18-16-14-12-10-8-6-4-2)49-81-65-61(79)58(76)63(53(47-70)83-65)86-67-62(80)59(77)64(54(48-71)84-67)85-66-60(78)57(75)56(74)52(46-69)82-66/h5,7,11,13-14,16-17,19,21-22,24-25,34,36,42,44,50-54,56-67,69-72,74-80H,3-4,6,8-10,12,15,18,20,23,26-33,35,37-41,43,45-49H2,1-2H3,(H,68,73)/b7-5-,13-11-,16-14+,19-17-,22-21-,25-24-,36-34+,44-42+. The van der Waals surface area contributed by atoms with Gasteiger partial charge < -0.3 is 89.9 Å². The van der Waals surface area contributed by atoms with Crippen molar-refractivity contribution >= 4 is 5.91 Å². The minimum Gasteiger partial charge on any atom is -0.394 e. The summed E-state index contributed by atoms with van der Waals surface area (Å²) < 4.78 is 34.2. The van der Waals surface area contributed by atoms with Crippen molar-refractivity contribution in [2.75, 3.05) is 26.4 Å². The Balaban J connectivity index is 1.44. The van der Waals surface area contributed by atoms with Crippen LogP contribution in [0.5, 0.6) is 0 Å². The first-order valence-electron chi connectivity index (χ1n) is 32.5. The lowest BCUT2D eigenvalue weighted by atomic mass is 9.96. The van der Waals surface area contributed by atoms with Crippen molar-refractivity contribution in [1.82, 2.24) is 5.32 Å². The summed E-state index contributed by atoms with van der Waals surface area (Å²) in [5.41, 5.74) is 0. The number of amides is 1. The van der Waals surface area contributed by atoms with Crippen LogP contribution >= 0.6 is 0 Å². The summed E-state index contributed by atoms with van der Waals surface area (Å²) in [6.45, 7) is 1.54. The lowest BCUT2D eigenvalue weighted by Crippen LogP contribution is -2.66. The van der Waals surface area contributed by atoms with E-state index in [0.29, 0.717) is 12.8 Å². The van der Waals surface area contributed by atoms with Gasteiger partial charge in [-0.2, -0.15) is 0 Å². The van der Waals surface area contributed by atoms with Gasteiger partial charge in [0.1, 0.15) is 73.2 Å². The monoisotopic (exact) mass is 1220 g/mol. The Hall–Kier alpha value is -3.29. The smallest absolute Gasteiger partial charge is 0.220 e. The van der Waals surface area contributed by atoms with Gasteiger partial charge in [-0.05, 0) is 89.9 Å². The third kappa shape index (κ3) is 31.0. The van der Waals surface area contributed by atoms with Gasteiger partial charge in [0.05, 0.1) is 38.6 Å². The second-order valence-electron chi connectivity index (χ2n) is 22.8. The molecule has 0 spiro atoms. The number of aliphatic hydroxyl groups is 11. The first-order valence-corrected chi connectivity index (χ1v) is 32.5. The maximum absolute atomic E-state index is 13.4. The molecular formula is C67H113NO18. The van der Waals surface area contributed by atoms with Gasteiger partial charge in [0, 0.05) is 6.42 Å². The van der Waals surface area contributed by atoms with Crippen molar-refractivity contribution in [1.29, 1.82) is 0 Å². The third-order valence-corrected chi connectivity index (χ3v) is 15.6. The number of aliphatic hydroxyl groups excluding tert-OH is 11. The third-order valence-electron chi connectivity index (χ3n) is 15.6. The van der Waals surface area contributed by atoms with E-state index in [1.165, 1.54) is 64.2 Å². The summed E-state index contributed by atoms with van der Waals surface area (Å²) in [4.78, 5) is 13.4. The van der Waals surface area contributed by atoms with Gasteiger partial charge in [-0.1, -0.05) is 188 Å². The number of nitrogens with one attached hydrogen (secondary N) is 1. The van der Waals surface area contributed by atoms with E-state index >= 15 is 0 Å². The summed E-state index contributed by atoms with van der Waals surface area (Å²) in [7, 11) is 0. The number of ether oxygens (including phenoxy) is 6. The number of hydrogen-bond acceptors (Lipinski definition) is 18. The molecule has 3 heterocycles. The zero-order chi connectivity index (χ0) is 62.6. The van der Waals surface area contributed by atoms with E-state index in [9.17, 15) is 61.0 Å². The molecule has 0 aromatic rings. The average Bonchev–Trinajstić information content (AvgIpc) is 1.96. The van der Waals surface area contributed by atoms with Crippen LogP contribution in [0.3, 0.4) is 0 Å². The highest BCUT2D eigenvalue weighted by Crippen LogP contribution is 2.33. The molecule has 0 saturated carbocycles. The molecule has 19 nitrogen and oxygen atoms in total. The van der Waals surface area contributed by atoms with E-state index in [0.717, 1.165) is 89.9 Å². The fourth-order valence-electron chi connectivity index (χ4n) is 10.3. The minimum atomic E-state index is -1.99. The largest absolute Gasteiger partial charge is 0.394 e. The topological polar surface area (TPSA) is 307 Å². The van der Waals surface area contributed by atoms with Gasteiger partial charge in [0.25, 0.3) is 0 Å². The van der Waals surface area contributed by atoms with E-state index in [-0.39, 0.29) is 18.9 Å². The van der Waals surface area contributed by atoms with Crippen molar-refractivity contribution in [2.24, 2.45) is 0 Å². The molecular weight excluding hydrogens is 1110 g/mol. The maximum atomic E-state index is 13.4. The van der Waals surface area contributed by atoms with E-state index in [1.807, 2.05) is 6.08 Å². The van der Waals surface area contributed by atoms with Gasteiger partial charge in [-0.15, -0.1) is 0 Å². The molecule has 0 aliphatic carbocycles. The fraction of sp³-hybridized carbons (Fsp3) is 0.746. The molecule has 19 heteroatoms. The fourth-order valence-corrected chi connectivity index (χ4v) is 10.3. The Morgan fingerprint density at radius 2 is 0.814 bits per heavy atom. The van der Waals surface area contributed by atoms with Gasteiger partial charge >= 0.3 is 0 Å². The van der Waals surface area contributed by atoms with Crippen LogP contribution in [-0.2, 0) is 33.2 Å². The van der Waals surface area contributed by atoms with Crippen molar-refractivity contribution < 1.29 is 89.4 Å². The number of unbranched alkanes of at least 4 members (excludes halogenated alkanes) is 17. The molecule has 1 amide bonds. The van der Waals surface area contributed by atoms with Gasteiger partial charge in [-0.3, -0.25) is 4.79 Å². The molecule has 0 aromatic carbocycles. The van der Waals surface area contributed by atoms with Crippen LogP contribution in [0.1, 0.15) is 187 Å². The van der Waals surface area contributed by atoms with Crippen LogP contribution in [0, 0.1) is 0 Å². The normalized spacial score (nSPS) is 29.4. The second-order valence-corrected chi connectivity index (χ2v) is 22.8. The first kappa shape index (κ1) is 77.0. The molecule has 17 unspecified atom stereocenters. The SMILES string of the molecule is CC/C=C\C/C=C\C/C=C\C/C=C\C/C=C\CCCCCCCCCCCCCC(=O)NC(COC1OC(CO)C(OC2OC(CO)C(OC3OC(CO)C(O)C(O)C3O)C(O)C2O)C(O)C1O)C(O)/C=C/CC/C=C/CC/C=C/CCCCCC. The quantitative estimate of drug-likeness (QED) is 0.0210. The zero-order valence-electron chi connectivity index (χ0n) is 51.7. The van der Waals surface area contributed by atoms with E-state index < -0.39 is 124 Å². The lowest BCUT2D eigenvalue weighted by Gasteiger charge is -2.48. The summed E-state index contributed by atoms with van der Waals surface area (Å²) in [6.07, 6.45) is 35.3. The summed E-state index contributed by atoms with van der Waals surface area (Å²) >= 11 is 0. The van der Waals surface area contributed by atoms with Crippen molar-refractivity contribution in [3.8, 4) is 0 Å². The molecule has 3 rings (SSSR count). The molecule has 0 radical (unpaired) electrons.